The molecule has 0 aromatic rings. The molecule has 0 aliphatic carbocycles. The quantitative estimate of drug-likeness (QED) is 0.540. The highest BCUT2D eigenvalue weighted by Gasteiger charge is 2.23. The van der Waals surface area contributed by atoms with Gasteiger partial charge in [-0.3, -0.25) is 0 Å². The molecule has 48 valence electrons. The number of allylic oxidation sites excluding steroid dienone is 1. The molecule has 0 rings (SSSR count). The lowest BCUT2D eigenvalue weighted by Gasteiger charge is -2.05. The third-order valence-electron chi connectivity index (χ3n) is 0.367. The van der Waals surface area contributed by atoms with Crippen molar-refractivity contribution in [1.29, 1.82) is 0 Å². The highest BCUT2D eigenvalue weighted by molar-refractivity contribution is 6.73. The van der Waals surface area contributed by atoms with Gasteiger partial charge >= 0.3 is 0 Å². The predicted octanol–water partition coefficient (Wildman–Crippen LogP) is 3.68. The summed E-state index contributed by atoms with van der Waals surface area (Å²) in [5.74, 6) is 0. The van der Waals surface area contributed by atoms with Gasteiger partial charge in [0, 0.05) is 5.54 Å². The Bertz CT molecular complexity index is 98.7. The van der Waals surface area contributed by atoms with Crippen molar-refractivity contribution in [3.63, 3.8) is 0 Å². The molecule has 0 fully saturated rings. The summed E-state index contributed by atoms with van der Waals surface area (Å²) in [5.41, 5.74) is 1.01. The van der Waals surface area contributed by atoms with Crippen LogP contribution in [0.15, 0.2) is 10.6 Å². The minimum absolute atomic E-state index is 0.0100. The van der Waals surface area contributed by atoms with Crippen LogP contribution in [0.5, 0.6) is 0 Å². The minimum Gasteiger partial charge on any atom is -0.0915 e. The molecule has 0 saturated heterocycles. The van der Waals surface area contributed by atoms with E-state index in [-0.39, 0.29) is 5.03 Å². The van der Waals surface area contributed by atoms with Crippen molar-refractivity contribution in [2.24, 2.45) is 0 Å². The maximum absolute atomic E-state index is 5.27. The standard InChI is InChI=1S/C3HCl5/c4-1-2(5)3(6,7)8/h1H/b2-1+. The molecule has 0 saturated carbocycles. The second-order valence-electron chi connectivity index (χ2n) is 0.955. The van der Waals surface area contributed by atoms with E-state index in [0.717, 1.165) is 5.54 Å². The highest BCUT2D eigenvalue weighted by atomic mass is 35.6. The molecule has 0 bridgehead atoms. The van der Waals surface area contributed by atoms with Crippen LogP contribution in [0.3, 0.4) is 0 Å². The second kappa shape index (κ2) is 3.38. The summed E-state index contributed by atoms with van der Waals surface area (Å²) < 4.78 is -1.58. The van der Waals surface area contributed by atoms with Crippen molar-refractivity contribution in [2.45, 2.75) is 3.79 Å². The van der Waals surface area contributed by atoms with Crippen LogP contribution < -0.4 is 0 Å². The summed E-state index contributed by atoms with van der Waals surface area (Å²) >= 11 is 26.1. The molecule has 0 aliphatic rings. The van der Waals surface area contributed by atoms with Crippen molar-refractivity contribution in [3.8, 4) is 0 Å². The van der Waals surface area contributed by atoms with Gasteiger partial charge in [-0.05, 0) is 0 Å². The molecule has 0 aromatic carbocycles. The Hall–Kier alpha value is 1.19. The molecule has 5 heteroatoms. The van der Waals surface area contributed by atoms with E-state index in [1.165, 1.54) is 0 Å². The van der Waals surface area contributed by atoms with Gasteiger partial charge in [-0.1, -0.05) is 58.0 Å². The minimum atomic E-state index is -1.58. The SMILES string of the molecule is Cl/C=C(/Cl)C(Cl)(Cl)Cl. The first-order chi connectivity index (χ1) is 3.48. The maximum Gasteiger partial charge on any atom is 0.227 e. The molecule has 0 spiro atoms. The average molecular weight is 214 g/mol. The van der Waals surface area contributed by atoms with Gasteiger partial charge in [0.05, 0.1) is 5.03 Å². The van der Waals surface area contributed by atoms with E-state index >= 15 is 0 Å². The zero-order chi connectivity index (χ0) is 6.78. The first-order valence-electron chi connectivity index (χ1n) is 1.51. The monoisotopic (exact) mass is 212 g/mol. The molecule has 0 nitrogen and oxygen atoms in total. The molecule has 0 radical (unpaired) electrons. The molecule has 0 heterocycles. The van der Waals surface area contributed by atoms with E-state index in [1.807, 2.05) is 0 Å². The molecular formula is C3HCl5. The van der Waals surface area contributed by atoms with E-state index < -0.39 is 3.79 Å². The van der Waals surface area contributed by atoms with Gasteiger partial charge in [0.15, 0.2) is 0 Å². The van der Waals surface area contributed by atoms with Crippen LogP contribution in [0.25, 0.3) is 0 Å². The summed E-state index contributed by atoms with van der Waals surface area (Å²) in [7, 11) is 0. The highest BCUT2D eigenvalue weighted by Crippen LogP contribution is 2.36. The van der Waals surface area contributed by atoms with Crippen molar-refractivity contribution in [3.05, 3.63) is 10.6 Å². The normalized spacial score (nSPS) is 14.4. The number of hydrogen-bond donors (Lipinski definition) is 0. The number of alkyl halides is 3. The van der Waals surface area contributed by atoms with Gasteiger partial charge in [0.1, 0.15) is 0 Å². The molecule has 0 unspecified atom stereocenters. The van der Waals surface area contributed by atoms with Gasteiger partial charge < -0.3 is 0 Å². The summed E-state index contributed by atoms with van der Waals surface area (Å²) in [6.45, 7) is 0. The van der Waals surface area contributed by atoms with Crippen LogP contribution in [0, 0.1) is 0 Å². The van der Waals surface area contributed by atoms with Crippen LogP contribution in [0.1, 0.15) is 0 Å². The summed E-state index contributed by atoms with van der Waals surface area (Å²) in [5, 5.41) is -0.0100. The van der Waals surface area contributed by atoms with Crippen molar-refractivity contribution >= 4 is 58.0 Å². The molecule has 0 amide bonds. The lowest BCUT2D eigenvalue weighted by atomic mass is 10.7. The fourth-order valence-electron chi connectivity index (χ4n) is 0.0619. The Morgan fingerprint density at radius 2 is 1.62 bits per heavy atom. The van der Waals surface area contributed by atoms with E-state index in [2.05, 4.69) is 0 Å². The van der Waals surface area contributed by atoms with Crippen LogP contribution in [-0.2, 0) is 0 Å². The Morgan fingerprint density at radius 3 is 1.62 bits per heavy atom. The summed E-state index contributed by atoms with van der Waals surface area (Å²) in [4.78, 5) is 0. The number of hydrogen-bond acceptors (Lipinski definition) is 0. The van der Waals surface area contributed by atoms with Gasteiger partial charge in [0.2, 0.25) is 3.79 Å². The van der Waals surface area contributed by atoms with E-state index in [1.54, 1.807) is 0 Å². The summed E-state index contributed by atoms with van der Waals surface area (Å²) in [6.07, 6.45) is 0. The van der Waals surface area contributed by atoms with Gasteiger partial charge in [-0.25, -0.2) is 0 Å². The zero-order valence-corrected chi connectivity index (χ0v) is 7.25. The first kappa shape index (κ1) is 9.19. The van der Waals surface area contributed by atoms with Gasteiger partial charge in [0.25, 0.3) is 0 Å². The maximum atomic E-state index is 5.27. The predicted molar refractivity (Wildman–Crippen MR) is 40.1 cm³/mol. The van der Waals surface area contributed by atoms with Crippen LogP contribution >= 0.6 is 58.0 Å². The van der Waals surface area contributed by atoms with Gasteiger partial charge in [-0.15, -0.1) is 0 Å². The third-order valence-corrected chi connectivity index (χ3v) is 1.99. The Balaban J connectivity index is 4.03. The molecule has 0 aromatic heterocycles. The lowest BCUT2D eigenvalue weighted by Crippen LogP contribution is -1.99. The first-order valence-corrected chi connectivity index (χ1v) is 3.46. The molecule has 0 atom stereocenters. The molecule has 0 aliphatic heterocycles. The molecule has 0 N–H and O–H groups in total. The Labute approximate surface area is 72.3 Å². The molecular weight excluding hydrogens is 213 g/mol. The van der Waals surface area contributed by atoms with E-state index in [0.29, 0.717) is 0 Å². The number of rotatable bonds is 0. The third kappa shape index (κ3) is 3.26. The Morgan fingerprint density at radius 1 is 1.25 bits per heavy atom. The lowest BCUT2D eigenvalue weighted by molar-refractivity contribution is 1.43. The van der Waals surface area contributed by atoms with Gasteiger partial charge in [-0.2, -0.15) is 0 Å². The van der Waals surface area contributed by atoms with Crippen LogP contribution in [-0.4, -0.2) is 3.79 Å². The average Bonchev–Trinajstić information content (AvgIpc) is 1.62. The number of halogens is 5. The largest absolute Gasteiger partial charge is 0.227 e. The van der Waals surface area contributed by atoms with E-state index in [4.69, 9.17) is 58.0 Å². The Kier molecular flexibility index (Phi) is 3.88. The zero-order valence-electron chi connectivity index (χ0n) is 3.47. The van der Waals surface area contributed by atoms with Crippen LogP contribution in [0.2, 0.25) is 0 Å². The smallest absolute Gasteiger partial charge is 0.0915 e. The fraction of sp³-hybridized carbons (Fsp3) is 0.333. The van der Waals surface area contributed by atoms with Crippen LogP contribution in [0.4, 0.5) is 0 Å². The van der Waals surface area contributed by atoms with Crippen molar-refractivity contribution in [2.75, 3.05) is 0 Å². The van der Waals surface area contributed by atoms with E-state index in [9.17, 15) is 0 Å². The molecule has 8 heavy (non-hydrogen) atoms. The van der Waals surface area contributed by atoms with Crippen molar-refractivity contribution < 1.29 is 0 Å². The summed E-state index contributed by atoms with van der Waals surface area (Å²) in [6, 6.07) is 0. The topological polar surface area (TPSA) is 0 Å². The second-order valence-corrected chi connectivity index (χ2v) is 3.86. The fourth-order valence-corrected chi connectivity index (χ4v) is 0.557. The van der Waals surface area contributed by atoms with Crippen molar-refractivity contribution in [1.82, 2.24) is 0 Å².